The molecule has 0 unspecified atom stereocenters. The zero-order valence-electron chi connectivity index (χ0n) is 9.89. The number of carbonyl (C=O) groups is 1. The van der Waals surface area contributed by atoms with E-state index in [2.05, 4.69) is 4.98 Å². The summed E-state index contributed by atoms with van der Waals surface area (Å²) in [5, 5.41) is 10.3. The average molecular weight is 245 g/mol. The number of nitrogens with one attached hydrogen (secondary N) is 1. The molecule has 0 aliphatic carbocycles. The topological polar surface area (TPSA) is 82.4 Å². The van der Waals surface area contributed by atoms with Crippen molar-refractivity contribution in [1.29, 1.82) is 0 Å². The molecule has 3 rings (SSSR count). The Morgan fingerprint density at radius 3 is 3.06 bits per heavy atom. The van der Waals surface area contributed by atoms with Gasteiger partial charge in [-0.25, -0.2) is 0 Å². The van der Waals surface area contributed by atoms with Gasteiger partial charge in [-0.1, -0.05) is 0 Å². The first-order valence-corrected chi connectivity index (χ1v) is 5.99. The van der Waals surface area contributed by atoms with Crippen LogP contribution in [-0.4, -0.2) is 40.1 Å². The average Bonchev–Trinajstić information content (AvgIpc) is 2.94. The maximum absolute atomic E-state index is 12.3. The summed E-state index contributed by atoms with van der Waals surface area (Å²) < 4.78 is 0. The number of aromatic nitrogens is 1. The van der Waals surface area contributed by atoms with E-state index in [0.717, 1.165) is 10.9 Å². The molecule has 1 aromatic heterocycles. The number of aromatic amines is 1. The number of β-amino-alcohol motifs (C(OH)–C–C–N with tert-alkyl or cyclic N) is 1. The van der Waals surface area contributed by atoms with Crippen molar-refractivity contribution in [2.45, 2.75) is 12.5 Å². The monoisotopic (exact) mass is 245 g/mol. The zero-order chi connectivity index (χ0) is 12.7. The molecule has 0 spiro atoms. The Morgan fingerprint density at radius 1 is 1.50 bits per heavy atom. The number of aliphatic hydroxyl groups is 1. The zero-order valence-corrected chi connectivity index (χ0v) is 9.89. The molecule has 1 aliphatic heterocycles. The van der Waals surface area contributed by atoms with Crippen LogP contribution in [0.2, 0.25) is 0 Å². The van der Waals surface area contributed by atoms with Gasteiger partial charge >= 0.3 is 0 Å². The second-order valence-corrected chi connectivity index (χ2v) is 4.70. The number of anilines is 1. The highest BCUT2D eigenvalue weighted by molar-refractivity contribution is 6.07. The number of nitrogens with two attached hydrogens (primary N) is 1. The van der Waals surface area contributed by atoms with Crippen molar-refractivity contribution < 1.29 is 9.90 Å². The number of aliphatic hydroxyl groups excluding tert-OH is 1. The highest BCUT2D eigenvalue weighted by Gasteiger charge is 2.26. The third-order valence-electron chi connectivity index (χ3n) is 3.39. The first kappa shape index (κ1) is 11.1. The van der Waals surface area contributed by atoms with Gasteiger partial charge in [0.1, 0.15) is 0 Å². The summed E-state index contributed by atoms with van der Waals surface area (Å²) in [6.07, 6.45) is 1.96. The molecule has 0 bridgehead atoms. The predicted octanol–water partition coefficient (Wildman–Crippen LogP) is 0.957. The molecule has 1 fully saturated rings. The van der Waals surface area contributed by atoms with Crippen molar-refractivity contribution in [3.8, 4) is 0 Å². The van der Waals surface area contributed by atoms with Gasteiger partial charge in [-0.3, -0.25) is 4.79 Å². The molecule has 5 heteroatoms. The lowest BCUT2D eigenvalue weighted by atomic mass is 10.1. The van der Waals surface area contributed by atoms with Gasteiger partial charge in [0.2, 0.25) is 0 Å². The Bertz CT molecular complexity index is 605. The van der Waals surface area contributed by atoms with Gasteiger partial charge in [-0.15, -0.1) is 0 Å². The number of nitrogen functional groups attached to an aromatic ring is 1. The van der Waals surface area contributed by atoms with Crippen LogP contribution in [0.15, 0.2) is 24.4 Å². The van der Waals surface area contributed by atoms with Crippen molar-refractivity contribution in [3.05, 3.63) is 30.0 Å². The second kappa shape index (κ2) is 4.03. The van der Waals surface area contributed by atoms with Gasteiger partial charge in [0.15, 0.2) is 0 Å². The number of carbonyl (C=O) groups excluding carboxylic acids is 1. The van der Waals surface area contributed by atoms with Gasteiger partial charge < -0.3 is 20.7 Å². The van der Waals surface area contributed by atoms with E-state index in [9.17, 15) is 9.90 Å². The van der Waals surface area contributed by atoms with E-state index in [1.807, 2.05) is 6.07 Å². The Balaban J connectivity index is 1.99. The van der Waals surface area contributed by atoms with Crippen LogP contribution < -0.4 is 5.73 Å². The minimum atomic E-state index is -0.399. The second-order valence-electron chi connectivity index (χ2n) is 4.70. The van der Waals surface area contributed by atoms with Crippen molar-refractivity contribution >= 4 is 22.5 Å². The molecular formula is C13H15N3O2. The van der Waals surface area contributed by atoms with Gasteiger partial charge in [-0.2, -0.15) is 0 Å². The number of likely N-dealkylation sites (tertiary alicyclic amines) is 1. The van der Waals surface area contributed by atoms with E-state index in [0.29, 0.717) is 30.8 Å². The molecule has 1 aliphatic rings. The fourth-order valence-corrected chi connectivity index (χ4v) is 2.41. The molecule has 1 saturated heterocycles. The molecule has 94 valence electrons. The number of nitrogens with zero attached hydrogens (tertiary/aromatic N) is 1. The van der Waals surface area contributed by atoms with Crippen LogP contribution in [0.1, 0.15) is 16.8 Å². The third kappa shape index (κ3) is 1.73. The summed E-state index contributed by atoms with van der Waals surface area (Å²) in [5.74, 6) is -0.0524. The summed E-state index contributed by atoms with van der Waals surface area (Å²) in [7, 11) is 0. The normalized spacial score (nSPS) is 19.6. The summed E-state index contributed by atoms with van der Waals surface area (Å²) in [4.78, 5) is 17.1. The Kier molecular flexibility index (Phi) is 2.48. The number of amides is 1. The van der Waals surface area contributed by atoms with Crippen LogP contribution in [0.25, 0.3) is 10.9 Å². The molecule has 18 heavy (non-hydrogen) atoms. The molecule has 1 aromatic carbocycles. The van der Waals surface area contributed by atoms with Crippen molar-refractivity contribution in [3.63, 3.8) is 0 Å². The number of rotatable bonds is 1. The predicted molar refractivity (Wildman–Crippen MR) is 69.2 cm³/mol. The highest BCUT2D eigenvalue weighted by atomic mass is 16.3. The van der Waals surface area contributed by atoms with Crippen LogP contribution in [0.5, 0.6) is 0 Å². The van der Waals surface area contributed by atoms with E-state index in [-0.39, 0.29) is 5.91 Å². The summed E-state index contributed by atoms with van der Waals surface area (Å²) in [6.45, 7) is 1.02. The van der Waals surface area contributed by atoms with Crippen molar-refractivity contribution in [2.24, 2.45) is 0 Å². The number of benzene rings is 1. The molecule has 1 amide bonds. The first-order chi connectivity index (χ1) is 8.65. The standard InChI is InChI=1S/C13H15N3O2/c14-8-1-2-12-10(5-8)11(6-15-12)13(18)16-4-3-9(17)7-16/h1-2,5-6,9,15,17H,3-4,7,14H2/t9-/m0/s1. The number of fused-ring (bicyclic) bond motifs is 1. The molecule has 0 saturated carbocycles. The Hall–Kier alpha value is -2.01. The Labute approximate surface area is 104 Å². The van der Waals surface area contributed by atoms with E-state index in [1.54, 1.807) is 23.2 Å². The fourth-order valence-electron chi connectivity index (χ4n) is 2.41. The fraction of sp³-hybridized carbons (Fsp3) is 0.308. The van der Waals surface area contributed by atoms with Crippen LogP contribution in [0.3, 0.4) is 0 Å². The number of hydrogen-bond acceptors (Lipinski definition) is 3. The molecule has 5 nitrogen and oxygen atoms in total. The maximum Gasteiger partial charge on any atom is 0.256 e. The van der Waals surface area contributed by atoms with Gasteiger partial charge in [-0.05, 0) is 24.6 Å². The van der Waals surface area contributed by atoms with E-state index >= 15 is 0 Å². The molecule has 4 N–H and O–H groups in total. The van der Waals surface area contributed by atoms with Gasteiger partial charge in [0.05, 0.1) is 11.7 Å². The first-order valence-electron chi connectivity index (χ1n) is 5.99. The lowest BCUT2D eigenvalue weighted by Gasteiger charge is -2.14. The van der Waals surface area contributed by atoms with E-state index in [1.165, 1.54) is 0 Å². The third-order valence-corrected chi connectivity index (χ3v) is 3.39. The van der Waals surface area contributed by atoms with Crippen LogP contribution in [0, 0.1) is 0 Å². The molecule has 2 heterocycles. The van der Waals surface area contributed by atoms with Crippen molar-refractivity contribution in [1.82, 2.24) is 9.88 Å². The van der Waals surface area contributed by atoms with E-state index < -0.39 is 6.10 Å². The molecule has 0 radical (unpaired) electrons. The van der Waals surface area contributed by atoms with Crippen LogP contribution in [0.4, 0.5) is 5.69 Å². The summed E-state index contributed by atoms with van der Waals surface area (Å²) in [5.41, 5.74) is 7.90. The van der Waals surface area contributed by atoms with Gasteiger partial charge in [0, 0.05) is 35.9 Å². The van der Waals surface area contributed by atoms with Crippen molar-refractivity contribution in [2.75, 3.05) is 18.8 Å². The SMILES string of the molecule is Nc1ccc2[nH]cc(C(=O)N3CC[C@H](O)C3)c2c1. The Morgan fingerprint density at radius 2 is 2.33 bits per heavy atom. The maximum atomic E-state index is 12.3. The van der Waals surface area contributed by atoms with Crippen LogP contribution in [-0.2, 0) is 0 Å². The van der Waals surface area contributed by atoms with Gasteiger partial charge in [0.25, 0.3) is 5.91 Å². The lowest BCUT2D eigenvalue weighted by Crippen LogP contribution is -2.29. The molecular weight excluding hydrogens is 230 g/mol. The summed E-state index contributed by atoms with van der Waals surface area (Å²) >= 11 is 0. The molecule has 1 atom stereocenters. The quantitative estimate of drug-likeness (QED) is 0.654. The van der Waals surface area contributed by atoms with E-state index in [4.69, 9.17) is 5.73 Å². The smallest absolute Gasteiger partial charge is 0.256 e. The number of H-pyrrole nitrogens is 1. The number of hydrogen-bond donors (Lipinski definition) is 3. The summed E-state index contributed by atoms with van der Waals surface area (Å²) in [6, 6.07) is 5.46. The highest BCUT2D eigenvalue weighted by Crippen LogP contribution is 2.23. The minimum absolute atomic E-state index is 0.0524. The largest absolute Gasteiger partial charge is 0.399 e. The minimum Gasteiger partial charge on any atom is -0.399 e. The van der Waals surface area contributed by atoms with Crippen LogP contribution >= 0.6 is 0 Å². The molecule has 2 aromatic rings. The lowest BCUT2D eigenvalue weighted by molar-refractivity contribution is 0.0767.